The molecule has 1 aromatic carbocycles. The molecule has 1 aliphatic heterocycles. The Bertz CT molecular complexity index is 847. The number of piperidine rings is 1. The second kappa shape index (κ2) is 5.81. The minimum Gasteiger partial charge on any atom is -0.353 e. The van der Waals surface area contributed by atoms with Crippen LogP contribution in [0.4, 0.5) is 5.82 Å². The Labute approximate surface area is 139 Å². The number of rotatable bonds is 2. The molecule has 3 aromatic rings. The highest BCUT2D eigenvalue weighted by atomic mass is 35.5. The zero-order chi connectivity index (χ0) is 15.8. The maximum atomic E-state index is 6.12. The Kier molecular flexibility index (Phi) is 3.65. The third kappa shape index (κ3) is 2.55. The molecule has 0 bridgehead atoms. The maximum absolute atomic E-state index is 6.12. The van der Waals surface area contributed by atoms with Crippen molar-refractivity contribution in [1.29, 1.82) is 0 Å². The lowest BCUT2D eigenvalue weighted by Gasteiger charge is -2.34. The van der Waals surface area contributed by atoms with E-state index in [9.17, 15) is 0 Å². The Morgan fingerprint density at radius 2 is 2.17 bits per heavy atom. The first-order valence-corrected chi connectivity index (χ1v) is 8.25. The topological polar surface area (TPSA) is 55.1 Å². The van der Waals surface area contributed by atoms with E-state index >= 15 is 0 Å². The van der Waals surface area contributed by atoms with Gasteiger partial charge in [0.1, 0.15) is 23.2 Å². The van der Waals surface area contributed by atoms with Crippen LogP contribution in [0.15, 0.2) is 35.1 Å². The smallest absolute Gasteiger partial charge is 0.263 e. The van der Waals surface area contributed by atoms with Crippen molar-refractivity contribution in [3.63, 3.8) is 0 Å². The van der Waals surface area contributed by atoms with Crippen LogP contribution in [0.25, 0.3) is 22.4 Å². The van der Waals surface area contributed by atoms with Crippen LogP contribution in [0, 0.1) is 0 Å². The van der Waals surface area contributed by atoms with E-state index in [-0.39, 0.29) is 0 Å². The molecule has 6 heteroatoms. The molecule has 0 unspecified atom stereocenters. The molecule has 5 nitrogen and oxygen atoms in total. The summed E-state index contributed by atoms with van der Waals surface area (Å²) in [5.74, 6) is 0.901. The third-order valence-electron chi connectivity index (χ3n) is 4.43. The lowest BCUT2D eigenvalue weighted by Crippen LogP contribution is -2.38. The average Bonchev–Trinajstić information content (AvgIpc) is 2.99. The highest BCUT2D eigenvalue weighted by Gasteiger charge is 2.25. The summed E-state index contributed by atoms with van der Waals surface area (Å²) in [6.07, 6.45) is 5.15. The number of benzene rings is 1. The normalized spacial score (nSPS) is 18.5. The van der Waals surface area contributed by atoms with E-state index in [2.05, 4.69) is 26.9 Å². The molecule has 2 aromatic heterocycles. The molecule has 118 valence electrons. The van der Waals surface area contributed by atoms with Crippen LogP contribution in [0.5, 0.6) is 0 Å². The highest BCUT2D eigenvalue weighted by Crippen LogP contribution is 2.35. The van der Waals surface area contributed by atoms with Crippen molar-refractivity contribution in [3.05, 3.63) is 35.6 Å². The predicted octanol–water partition coefficient (Wildman–Crippen LogP) is 4.32. The highest BCUT2D eigenvalue weighted by molar-refractivity contribution is 6.30. The van der Waals surface area contributed by atoms with Gasteiger partial charge in [0.25, 0.3) is 5.71 Å². The molecular formula is C17H17ClN4O. The van der Waals surface area contributed by atoms with Gasteiger partial charge in [0.15, 0.2) is 0 Å². The SMILES string of the molecule is C[C@@H]1CCCCN1c1ncnc2onc(-c3cccc(Cl)c3)c12. The first kappa shape index (κ1) is 14.5. The largest absolute Gasteiger partial charge is 0.353 e. The fraction of sp³-hybridized carbons (Fsp3) is 0.353. The van der Waals surface area contributed by atoms with Gasteiger partial charge >= 0.3 is 0 Å². The summed E-state index contributed by atoms with van der Waals surface area (Å²) in [4.78, 5) is 11.1. The van der Waals surface area contributed by atoms with Crippen molar-refractivity contribution in [1.82, 2.24) is 15.1 Å². The molecule has 0 aliphatic carbocycles. The fourth-order valence-corrected chi connectivity index (χ4v) is 3.43. The number of nitrogens with zero attached hydrogens (tertiary/aromatic N) is 4. The second-order valence-electron chi connectivity index (χ2n) is 5.96. The molecule has 0 radical (unpaired) electrons. The number of halogens is 1. The van der Waals surface area contributed by atoms with Crippen LogP contribution in [0.2, 0.25) is 5.02 Å². The lowest BCUT2D eigenvalue weighted by molar-refractivity contribution is 0.451. The number of hydrogen-bond acceptors (Lipinski definition) is 5. The van der Waals surface area contributed by atoms with Crippen LogP contribution in [-0.4, -0.2) is 27.7 Å². The van der Waals surface area contributed by atoms with Crippen molar-refractivity contribution < 1.29 is 4.52 Å². The summed E-state index contributed by atoms with van der Waals surface area (Å²) in [5.41, 5.74) is 2.18. The molecule has 0 saturated carbocycles. The van der Waals surface area contributed by atoms with Crippen molar-refractivity contribution in [2.24, 2.45) is 0 Å². The van der Waals surface area contributed by atoms with Gasteiger partial charge in [-0.2, -0.15) is 4.98 Å². The van der Waals surface area contributed by atoms with Crippen LogP contribution in [-0.2, 0) is 0 Å². The minimum atomic E-state index is 0.448. The van der Waals surface area contributed by atoms with Gasteiger partial charge in [-0.25, -0.2) is 4.98 Å². The van der Waals surface area contributed by atoms with Crippen LogP contribution < -0.4 is 4.90 Å². The van der Waals surface area contributed by atoms with Gasteiger partial charge in [0.2, 0.25) is 0 Å². The predicted molar refractivity (Wildman–Crippen MR) is 90.7 cm³/mol. The molecule has 4 rings (SSSR count). The maximum Gasteiger partial charge on any atom is 0.263 e. The van der Waals surface area contributed by atoms with Gasteiger partial charge in [0, 0.05) is 23.2 Å². The summed E-state index contributed by atoms with van der Waals surface area (Å²) in [6, 6.07) is 8.06. The molecule has 1 fully saturated rings. The van der Waals surface area contributed by atoms with Gasteiger partial charge in [-0.3, -0.25) is 0 Å². The van der Waals surface area contributed by atoms with Crippen LogP contribution in [0.3, 0.4) is 0 Å². The molecule has 0 amide bonds. The molecule has 0 spiro atoms. The summed E-state index contributed by atoms with van der Waals surface area (Å²) >= 11 is 6.12. The summed E-state index contributed by atoms with van der Waals surface area (Å²) < 4.78 is 5.44. The summed E-state index contributed by atoms with van der Waals surface area (Å²) in [7, 11) is 0. The Morgan fingerprint density at radius 1 is 1.26 bits per heavy atom. The zero-order valence-electron chi connectivity index (χ0n) is 12.9. The average molecular weight is 329 g/mol. The first-order chi connectivity index (χ1) is 11.2. The summed E-state index contributed by atoms with van der Waals surface area (Å²) in [6.45, 7) is 3.23. The van der Waals surface area contributed by atoms with Crippen molar-refractivity contribution in [3.8, 4) is 11.3 Å². The zero-order valence-corrected chi connectivity index (χ0v) is 13.6. The van der Waals surface area contributed by atoms with Gasteiger partial charge in [-0.1, -0.05) is 28.9 Å². The molecular weight excluding hydrogens is 312 g/mol. The number of hydrogen-bond donors (Lipinski definition) is 0. The van der Waals surface area contributed by atoms with E-state index in [4.69, 9.17) is 16.1 Å². The Morgan fingerprint density at radius 3 is 3.00 bits per heavy atom. The molecule has 0 N–H and O–H groups in total. The Balaban J connectivity index is 1.90. The Hall–Kier alpha value is -2.14. The van der Waals surface area contributed by atoms with Crippen molar-refractivity contribution in [2.75, 3.05) is 11.4 Å². The quantitative estimate of drug-likeness (QED) is 0.701. The van der Waals surface area contributed by atoms with Crippen LogP contribution >= 0.6 is 11.6 Å². The van der Waals surface area contributed by atoms with E-state index in [0.29, 0.717) is 16.8 Å². The lowest BCUT2D eigenvalue weighted by atomic mass is 10.0. The number of anilines is 1. The standard InChI is InChI=1S/C17H17ClN4O/c1-11-5-2-3-8-22(11)16-14-15(12-6-4-7-13(18)9-12)21-23-17(14)20-10-19-16/h4,6-7,9-11H,2-3,5,8H2,1H3/t11-/m1/s1. The van der Waals surface area contributed by atoms with E-state index < -0.39 is 0 Å². The minimum absolute atomic E-state index is 0.448. The molecule has 1 aliphatic rings. The molecule has 3 heterocycles. The number of aromatic nitrogens is 3. The molecule has 1 saturated heterocycles. The monoisotopic (exact) mass is 328 g/mol. The van der Waals surface area contributed by atoms with Crippen LogP contribution in [0.1, 0.15) is 26.2 Å². The second-order valence-corrected chi connectivity index (χ2v) is 6.39. The molecule has 1 atom stereocenters. The van der Waals surface area contributed by atoms with E-state index in [1.165, 1.54) is 19.3 Å². The van der Waals surface area contributed by atoms with E-state index in [1.54, 1.807) is 6.33 Å². The molecule has 23 heavy (non-hydrogen) atoms. The fourth-order valence-electron chi connectivity index (χ4n) is 3.24. The van der Waals surface area contributed by atoms with Gasteiger partial charge in [0.05, 0.1) is 0 Å². The van der Waals surface area contributed by atoms with E-state index in [1.807, 2.05) is 24.3 Å². The van der Waals surface area contributed by atoms with Crippen molar-refractivity contribution >= 4 is 28.5 Å². The van der Waals surface area contributed by atoms with Gasteiger partial charge < -0.3 is 9.42 Å². The van der Waals surface area contributed by atoms with Crippen molar-refractivity contribution in [2.45, 2.75) is 32.2 Å². The van der Waals surface area contributed by atoms with Gasteiger partial charge in [-0.15, -0.1) is 0 Å². The van der Waals surface area contributed by atoms with E-state index in [0.717, 1.165) is 29.0 Å². The van der Waals surface area contributed by atoms with Gasteiger partial charge in [-0.05, 0) is 38.3 Å². The number of fused-ring (bicyclic) bond motifs is 1. The first-order valence-electron chi connectivity index (χ1n) is 7.87. The third-order valence-corrected chi connectivity index (χ3v) is 4.66. The summed E-state index contributed by atoms with van der Waals surface area (Å²) in [5, 5.41) is 5.76.